The van der Waals surface area contributed by atoms with E-state index in [1.54, 1.807) is 12.1 Å². The zero-order valence-electron chi connectivity index (χ0n) is 6.53. The number of rotatable bonds is 2. The first-order valence-electron chi connectivity index (χ1n) is 3.56. The van der Waals surface area contributed by atoms with Gasteiger partial charge in [-0.25, -0.2) is 0 Å². The highest BCUT2D eigenvalue weighted by Crippen LogP contribution is 2.09. The lowest BCUT2D eigenvalue weighted by atomic mass is 10.0. The van der Waals surface area contributed by atoms with Gasteiger partial charge in [0.05, 0.1) is 0 Å². The molecule has 0 aromatic heterocycles. The number of benzene rings is 1. The highest BCUT2D eigenvalue weighted by molar-refractivity contribution is 5.99. The maximum absolute atomic E-state index is 11.0. The second-order valence-corrected chi connectivity index (χ2v) is 2.40. The zero-order valence-corrected chi connectivity index (χ0v) is 6.53. The predicted octanol–water partition coefficient (Wildman–Crippen LogP) is 0.889. The summed E-state index contributed by atoms with van der Waals surface area (Å²) in [6.45, 7) is 0. The van der Waals surface area contributed by atoms with Crippen LogP contribution in [0.5, 0.6) is 0 Å². The Morgan fingerprint density at radius 1 is 1.42 bits per heavy atom. The largest absolute Gasteiger partial charge is 0.317 e. The Bertz CT molecular complexity index is 310. The Morgan fingerprint density at radius 2 is 2.00 bits per heavy atom. The predicted molar refractivity (Wildman–Crippen MR) is 47.2 cm³/mol. The van der Waals surface area contributed by atoms with Gasteiger partial charge >= 0.3 is 0 Å². The molecule has 1 aromatic carbocycles. The topological polar surface area (TPSA) is 43.1 Å². The van der Waals surface area contributed by atoms with Crippen molar-refractivity contribution in [2.75, 3.05) is 0 Å². The van der Waals surface area contributed by atoms with Crippen molar-refractivity contribution in [1.29, 1.82) is 0 Å². The number of Topliss-reactive ketones (excluding diaryl/α,β-unsaturated/α-hetero) is 1. The molecule has 0 saturated carbocycles. The van der Waals surface area contributed by atoms with E-state index in [-0.39, 0.29) is 5.78 Å². The van der Waals surface area contributed by atoms with E-state index in [0.29, 0.717) is 0 Å². The number of ketones is 1. The van der Waals surface area contributed by atoms with Crippen LogP contribution in [0.1, 0.15) is 11.6 Å². The molecule has 2 nitrogen and oxygen atoms in total. The minimum absolute atomic E-state index is 0.388. The molecular weight excluding hydrogens is 150 g/mol. The monoisotopic (exact) mass is 159 g/mol. The van der Waals surface area contributed by atoms with Crippen molar-refractivity contribution in [2.24, 2.45) is 5.73 Å². The van der Waals surface area contributed by atoms with Gasteiger partial charge in [-0.15, -0.1) is 6.42 Å². The summed E-state index contributed by atoms with van der Waals surface area (Å²) in [4.78, 5) is 11.0. The minimum atomic E-state index is -0.684. The molecule has 12 heavy (non-hydrogen) atoms. The maximum atomic E-state index is 11.0. The molecule has 0 bridgehead atoms. The molecule has 1 rings (SSSR count). The van der Waals surface area contributed by atoms with Crippen LogP contribution >= 0.6 is 0 Å². The standard InChI is InChI=1S/C10H9NO/c1-2-9(12)10(11)8-6-4-3-5-7-8/h1,3-7,10H,11H2/t10-/m1/s1. The molecule has 0 aliphatic heterocycles. The van der Waals surface area contributed by atoms with Crippen molar-refractivity contribution in [3.63, 3.8) is 0 Å². The fraction of sp³-hybridized carbons (Fsp3) is 0.100. The van der Waals surface area contributed by atoms with Crippen LogP contribution in [-0.2, 0) is 4.79 Å². The van der Waals surface area contributed by atoms with Gasteiger partial charge in [0, 0.05) is 0 Å². The number of carbonyl (C=O) groups excluding carboxylic acids is 1. The third kappa shape index (κ3) is 1.71. The molecule has 0 spiro atoms. The normalized spacial score (nSPS) is 11.7. The lowest BCUT2D eigenvalue weighted by Crippen LogP contribution is -2.19. The van der Waals surface area contributed by atoms with Gasteiger partial charge in [0.25, 0.3) is 0 Å². The second-order valence-electron chi connectivity index (χ2n) is 2.40. The van der Waals surface area contributed by atoms with Gasteiger partial charge in [-0.3, -0.25) is 4.79 Å². The first-order chi connectivity index (χ1) is 5.75. The number of hydrogen-bond acceptors (Lipinski definition) is 2. The Kier molecular flexibility index (Phi) is 2.62. The average Bonchev–Trinajstić information content (AvgIpc) is 2.17. The van der Waals surface area contributed by atoms with Gasteiger partial charge < -0.3 is 5.73 Å². The van der Waals surface area contributed by atoms with E-state index in [9.17, 15) is 4.79 Å². The molecular formula is C10H9NO. The third-order valence-corrected chi connectivity index (χ3v) is 1.58. The van der Waals surface area contributed by atoms with Crippen LogP contribution in [0.3, 0.4) is 0 Å². The molecule has 0 unspecified atom stereocenters. The van der Waals surface area contributed by atoms with Crippen LogP contribution in [0.2, 0.25) is 0 Å². The molecule has 0 aliphatic rings. The van der Waals surface area contributed by atoms with Gasteiger partial charge in [-0.05, 0) is 11.5 Å². The third-order valence-electron chi connectivity index (χ3n) is 1.58. The Morgan fingerprint density at radius 3 is 2.50 bits per heavy atom. The summed E-state index contributed by atoms with van der Waals surface area (Å²) in [6, 6.07) is 8.37. The van der Waals surface area contributed by atoms with E-state index in [0.717, 1.165) is 5.56 Å². The van der Waals surface area contributed by atoms with Crippen LogP contribution in [0.4, 0.5) is 0 Å². The fourth-order valence-electron chi connectivity index (χ4n) is 0.902. The van der Waals surface area contributed by atoms with E-state index >= 15 is 0 Å². The quantitative estimate of drug-likeness (QED) is 0.514. The average molecular weight is 159 g/mol. The summed E-state index contributed by atoms with van der Waals surface area (Å²) in [7, 11) is 0. The molecule has 0 aliphatic carbocycles. The lowest BCUT2D eigenvalue weighted by molar-refractivity contribution is -0.115. The Balaban J connectivity index is 2.87. The summed E-state index contributed by atoms with van der Waals surface area (Å²) in [5, 5.41) is 0. The maximum Gasteiger partial charge on any atom is 0.226 e. The van der Waals surface area contributed by atoms with Crippen LogP contribution in [0.25, 0.3) is 0 Å². The molecule has 60 valence electrons. The summed E-state index contributed by atoms with van der Waals surface area (Å²) >= 11 is 0. The van der Waals surface area contributed by atoms with Crippen LogP contribution in [0.15, 0.2) is 30.3 Å². The van der Waals surface area contributed by atoms with E-state index in [1.165, 1.54) is 0 Å². The molecule has 0 heterocycles. The van der Waals surface area contributed by atoms with Crippen molar-refractivity contribution >= 4 is 5.78 Å². The van der Waals surface area contributed by atoms with Crippen molar-refractivity contribution in [2.45, 2.75) is 6.04 Å². The van der Waals surface area contributed by atoms with E-state index < -0.39 is 6.04 Å². The number of hydrogen-bond donors (Lipinski definition) is 1. The molecule has 1 atom stereocenters. The second kappa shape index (κ2) is 3.70. The molecule has 1 aromatic rings. The lowest BCUT2D eigenvalue weighted by Gasteiger charge is -2.05. The summed E-state index contributed by atoms with van der Waals surface area (Å²) in [5.74, 6) is 1.61. The molecule has 0 radical (unpaired) electrons. The Labute approximate surface area is 71.4 Å². The Hall–Kier alpha value is -1.59. The molecule has 0 amide bonds. The number of carbonyl (C=O) groups is 1. The van der Waals surface area contributed by atoms with Crippen molar-refractivity contribution in [3.8, 4) is 12.3 Å². The van der Waals surface area contributed by atoms with E-state index in [1.807, 2.05) is 24.1 Å². The number of terminal acetylenes is 1. The molecule has 0 fully saturated rings. The molecule has 0 saturated heterocycles. The SMILES string of the molecule is C#CC(=O)[C@H](N)c1ccccc1. The van der Waals surface area contributed by atoms with Crippen LogP contribution in [0, 0.1) is 12.3 Å². The highest BCUT2D eigenvalue weighted by atomic mass is 16.1. The minimum Gasteiger partial charge on any atom is -0.317 e. The molecule has 2 N–H and O–H groups in total. The summed E-state index contributed by atoms with van der Waals surface area (Å²) in [5.41, 5.74) is 6.31. The summed E-state index contributed by atoms with van der Waals surface area (Å²) in [6.07, 6.45) is 4.93. The smallest absolute Gasteiger partial charge is 0.226 e. The molecule has 2 heteroatoms. The van der Waals surface area contributed by atoms with Gasteiger partial charge in [-0.2, -0.15) is 0 Å². The van der Waals surface area contributed by atoms with Crippen LogP contribution in [-0.4, -0.2) is 5.78 Å². The van der Waals surface area contributed by atoms with E-state index in [4.69, 9.17) is 12.2 Å². The zero-order chi connectivity index (χ0) is 8.97. The van der Waals surface area contributed by atoms with Crippen molar-refractivity contribution in [1.82, 2.24) is 0 Å². The summed E-state index contributed by atoms with van der Waals surface area (Å²) < 4.78 is 0. The highest BCUT2D eigenvalue weighted by Gasteiger charge is 2.11. The van der Waals surface area contributed by atoms with Gasteiger partial charge in [-0.1, -0.05) is 30.3 Å². The fourth-order valence-corrected chi connectivity index (χ4v) is 0.902. The first kappa shape index (κ1) is 8.51. The van der Waals surface area contributed by atoms with Gasteiger partial charge in [0.2, 0.25) is 5.78 Å². The van der Waals surface area contributed by atoms with Gasteiger partial charge in [0.1, 0.15) is 6.04 Å². The van der Waals surface area contributed by atoms with Crippen molar-refractivity contribution in [3.05, 3.63) is 35.9 Å². The van der Waals surface area contributed by atoms with Crippen LogP contribution < -0.4 is 5.73 Å². The van der Waals surface area contributed by atoms with Crippen molar-refractivity contribution < 1.29 is 4.79 Å². The first-order valence-corrected chi connectivity index (χ1v) is 3.56. The van der Waals surface area contributed by atoms with Gasteiger partial charge in [0.15, 0.2) is 0 Å². The number of nitrogens with two attached hydrogens (primary N) is 1. The van der Waals surface area contributed by atoms with E-state index in [2.05, 4.69) is 0 Å².